The van der Waals surface area contributed by atoms with E-state index in [1.807, 2.05) is 41.5 Å². The van der Waals surface area contributed by atoms with Crippen molar-refractivity contribution in [3.63, 3.8) is 0 Å². The molecule has 0 amide bonds. The van der Waals surface area contributed by atoms with Gasteiger partial charge in [0.25, 0.3) is 0 Å². The Morgan fingerprint density at radius 2 is 1.75 bits per heavy atom. The molecule has 138 valence electrons. The molecule has 24 heavy (non-hydrogen) atoms. The number of aliphatic hydroxyl groups excluding tert-OH is 1. The lowest BCUT2D eigenvalue weighted by Gasteiger charge is -2.32. The first-order valence-electron chi connectivity index (χ1n) is 8.99. The second-order valence-corrected chi connectivity index (χ2v) is 8.52. The van der Waals surface area contributed by atoms with Crippen LogP contribution in [0.5, 0.6) is 0 Å². The molecule has 2 aliphatic rings. The van der Waals surface area contributed by atoms with Crippen molar-refractivity contribution in [3.8, 4) is 0 Å². The van der Waals surface area contributed by atoms with E-state index in [1.54, 1.807) is 19.0 Å². The summed E-state index contributed by atoms with van der Waals surface area (Å²) < 4.78 is 17.5. The van der Waals surface area contributed by atoms with E-state index in [0.29, 0.717) is 12.8 Å². The first kappa shape index (κ1) is 19.9. The number of epoxide rings is 1. The SMILES string of the molecule is CC[C@H](O)[C@@H](C)[C@H]1O[C@@H]1C[C@@](C)(O)/C=C/B1OC(C)(C)C(C)(C)O1. The van der Waals surface area contributed by atoms with Crippen LogP contribution in [0, 0.1) is 5.92 Å². The van der Waals surface area contributed by atoms with Crippen LogP contribution < -0.4 is 0 Å². The Labute approximate surface area is 146 Å². The van der Waals surface area contributed by atoms with Crippen LogP contribution in [0.3, 0.4) is 0 Å². The normalized spacial score (nSPS) is 33.5. The average molecular weight is 340 g/mol. The first-order valence-corrected chi connectivity index (χ1v) is 8.99. The molecule has 0 aromatic rings. The number of rotatable bonds is 7. The summed E-state index contributed by atoms with van der Waals surface area (Å²) in [6, 6.07) is 0. The highest BCUT2D eigenvalue weighted by Gasteiger charge is 2.51. The summed E-state index contributed by atoms with van der Waals surface area (Å²) in [5.41, 5.74) is -1.77. The van der Waals surface area contributed by atoms with Gasteiger partial charge in [0.05, 0.1) is 35.1 Å². The predicted octanol–water partition coefficient (Wildman–Crippen LogP) is 2.49. The summed E-state index contributed by atoms with van der Waals surface area (Å²) in [5, 5.41) is 20.5. The minimum absolute atomic E-state index is 0.0147. The number of hydrogen-bond acceptors (Lipinski definition) is 5. The maximum Gasteiger partial charge on any atom is 0.486 e. The molecule has 2 heterocycles. The molecular formula is C18H33BO5. The third kappa shape index (κ3) is 4.41. The lowest BCUT2D eigenvalue weighted by atomic mass is 9.85. The van der Waals surface area contributed by atoms with E-state index in [1.165, 1.54) is 0 Å². The van der Waals surface area contributed by atoms with Crippen LogP contribution in [0.1, 0.15) is 61.3 Å². The minimum Gasteiger partial charge on any atom is -0.400 e. The van der Waals surface area contributed by atoms with Gasteiger partial charge in [0.15, 0.2) is 0 Å². The van der Waals surface area contributed by atoms with Gasteiger partial charge in [-0.1, -0.05) is 25.9 Å². The molecule has 0 aromatic carbocycles. The van der Waals surface area contributed by atoms with E-state index >= 15 is 0 Å². The van der Waals surface area contributed by atoms with E-state index in [-0.39, 0.29) is 35.4 Å². The summed E-state index contributed by atoms with van der Waals surface area (Å²) in [7, 11) is -0.460. The number of aliphatic hydroxyl groups is 2. The van der Waals surface area contributed by atoms with E-state index in [4.69, 9.17) is 14.0 Å². The number of hydrogen-bond donors (Lipinski definition) is 2. The molecule has 6 heteroatoms. The molecule has 0 bridgehead atoms. The van der Waals surface area contributed by atoms with Crippen LogP contribution in [0.25, 0.3) is 0 Å². The Kier molecular flexibility index (Phi) is 5.58. The Balaban J connectivity index is 1.87. The summed E-state index contributed by atoms with van der Waals surface area (Å²) in [6.07, 6.45) is 2.59. The standard InChI is InChI=1S/C18H33BO5/c1-8-13(20)12(2)15-14(22-15)11-18(7,21)9-10-19-23-16(3,4)17(5,6)24-19/h9-10,12-15,20-21H,8,11H2,1-7H3/b10-9+/t12-,13+,14-,15-,18+/m1/s1. The zero-order chi connectivity index (χ0) is 18.3. The van der Waals surface area contributed by atoms with E-state index in [0.717, 1.165) is 0 Å². The maximum atomic E-state index is 10.6. The Bertz CT molecular complexity index is 458. The van der Waals surface area contributed by atoms with Crippen LogP contribution in [-0.4, -0.2) is 52.4 Å². The highest BCUT2D eigenvalue weighted by Crippen LogP contribution is 2.39. The van der Waals surface area contributed by atoms with Gasteiger partial charge in [0.1, 0.15) is 0 Å². The second-order valence-electron chi connectivity index (χ2n) is 8.52. The predicted molar refractivity (Wildman–Crippen MR) is 94.6 cm³/mol. The van der Waals surface area contributed by atoms with Crippen molar-refractivity contribution in [2.45, 2.75) is 96.4 Å². The molecule has 2 N–H and O–H groups in total. The zero-order valence-corrected chi connectivity index (χ0v) is 16.1. The van der Waals surface area contributed by atoms with E-state index < -0.39 is 12.7 Å². The largest absolute Gasteiger partial charge is 0.486 e. The highest BCUT2D eigenvalue weighted by atomic mass is 16.7. The molecule has 0 radical (unpaired) electrons. The van der Waals surface area contributed by atoms with E-state index in [9.17, 15) is 10.2 Å². The van der Waals surface area contributed by atoms with Crippen molar-refractivity contribution in [1.82, 2.24) is 0 Å². The molecule has 0 spiro atoms. The third-order valence-electron chi connectivity index (χ3n) is 5.66. The van der Waals surface area contributed by atoms with Gasteiger partial charge in [-0.05, 0) is 41.0 Å². The van der Waals surface area contributed by atoms with Gasteiger partial charge < -0.3 is 24.3 Å². The van der Waals surface area contributed by atoms with Gasteiger partial charge in [0.2, 0.25) is 0 Å². The average Bonchev–Trinajstić information content (AvgIpc) is 3.15. The minimum atomic E-state index is -1.00. The first-order chi connectivity index (χ1) is 10.9. The van der Waals surface area contributed by atoms with Crippen molar-refractivity contribution >= 4 is 7.12 Å². The topological polar surface area (TPSA) is 71.5 Å². The Morgan fingerprint density at radius 1 is 1.21 bits per heavy atom. The van der Waals surface area contributed by atoms with Crippen molar-refractivity contribution < 1.29 is 24.3 Å². The van der Waals surface area contributed by atoms with Gasteiger partial charge in [-0.25, -0.2) is 0 Å². The van der Waals surface area contributed by atoms with Crippen molar-refractivity contribution in [2.24, 2.45) is 5.92 Å². The molecule has 2 rings (SSSR count). The molecule has 2 fully saturated rings. The van der Waals surface area contributed by atoms with Gasteiger partial charge in [-0.2, -0.15) is 0 Å². The van der Waals surface area contributed by atoms with Crippen molar-refractivity contribution in [1.29, 1.82) is 0 Å². The molecule has 5 atom stereocenters. The Hall–Kier alpha value is -0.395. The van der Waals surface area contributed by atoms with Crippen LogP contribution in [0.15, 0.2) is 12.1 Å². The molecule has 0 aromatic heterocycles. The lowest BCUT2D eigenvalue weighted by molar-refractivity contribution is 0.00578. The Morgan fingerprint density at radius 3 is 2.25 bits per heavy atom. The fourth-order valence-electron chi connectivity index (χ4n) is 3.10. The fourth-order valence-corrected chi connectivity index (χ4v) is 3.10. The molecule has 5 nitrogen and oxygen atoms in total. The van der Waals surface area contributed by atoms with Gasteiger partial charge in [0, 0.05) is 12.3 Å². The van der Waals surface area contributed by atoms with Gasteiger partial charge in [-0.3, -0.25) is 0 Å². The van der Waals surface area contributed by atoms with Crippen LogP contribution >= 0.6 is 0 Å². The van der Waals surface area contributed by atoms with Crippen molar-refractivity contribution in [2.75, 3.05) is 0 Å². The molecule has 2 saturated heterocycles. The van der Waals surface area contributed by atoms with Crippen LogP contribution in [0.4, 0.5) is 0 Å². The summed E-state index contributed by atoms with van der Waals surface area (Å²) in [5.74, 6) is 1.86. The summed E-state index contributed by atoms with van der Waals surface area (Å²) in [4.78, 5) is 0. The van der Waals surface area contributed by atoms with Crippen LogP contribution in [0.2, 0.25) is 0 Å². The van der Waals surface area contributed by atoms with Gasteiger partial charge in [-0.15, -0.1) is 0 Å². The molecule has 0 aliphatic carbocycles. The lowest BCUT2D eigenvalue weighted by Crippen LogP contribution is -2.41. The van der Waals surface area contributed by atoms with Crippen LogP contribution in [-0.2, 0) is 14.0 Å². The molecular weight excluding hydrogens is 307 g/mol. The quantitative estimate of drug-likeness (QED) is 0.550. The van der Waals surface area contributed by atoms with E-state index in [2.05, 4.69) is 0 Å². The second kappa shape index (κ2) is 6.73. The highest BCUT2D eigenvalue weighted by molar-refractivity contribution is 6.51. The summed E-state index contributed by atoms with van der Waals surface area (Å²) >= 11 is 0. The zero-order valence-electron chi connectivity index (χ0n) is 16.1. The smallest absolute Gasteiger partial charge is 0.400 e. The van der Waals surface area contributed by atoms with Crippen molar-refractivity contribution in [3.05, 3.63) is 12.1 Å². The third-order valence-corrected chi connectivity index (χ3v) is 5.66. The molecule has 0 saturated carbocycles. The molecule has 2 aliphatic heterocycles. The fraction of sp³-hybridized carbons (Fsp3) is 0.889. The van der Waals surface area contributed by atoms with Gasteiger partial charge >= 0.3 is 7.12 Å². The molecule has 0 unspecified atom stereocenters. The summed E-state index contributed by atoms with van der Waals surface area (Å²) in [6.45, 7) is 13.7. The maximum absolute atomic E-state index is 10.6. The number of ether oxygens (including phenoxy) is 1. The monoisotopic (exact) mass is 340 g/mol.